The van der Waals surface area contributed by atoms with E-state index >= 15 is 0 Å². The summed E-state index contributed by atoms with van der Waals surface area (Å²) in [6.07, 6.45) is 1.17. The highest BCUT2D eigenvalue weighted by Gasteiger charge is 2.15. The molecule has 1 saturated heterocycles. The summed E-state index contributed by atoms with van der Waals surface area (Å²) in [5.41, 5.74) is 4.81. The van der Waals surface area contributed by atoms with Crippen molar-refractivity contribution in [3.8, 4) is 0 Å². The molecule has 0 atom stereocenters. The van der Waals surface area contributed by atoms with Gasteiger partial charge >= 0.3 is 6.09 Å². The number of ether oxygens (including phenoxy) is 1. The molecule has 1 fully saturated rings. The Morgan fingerprint density at radius 3 is 2.56 bits per heavy atom. The van der Waals surface area contributed by atoms with Crippen molar-refractivity contribution in [3.05, 3.63) is 0 Å². The predicted molar refractivity (Wildman–Crippen MR) is 58.8 cm³/mol. The summed E-state index contributed by atoms with van der Waals surface area (Å²) in [6.45, 7) is 3.62. The van der Waals surface area contributed by atoms with Crippen LogP contribution in [0.15, 0.2) is 0 Å². The lowest BCUT2D eigenvalue weighted by atomic mass is 10.2. The zero-order chi connectivity index (χ0) is 11.8. The summed E-state index contributed by atoms with van der Waals surface area (Å²) in [5, 5.41) is 3.19. The van der Waals surface area contributed by atoms with Crippen molar-refractivity contribution in [2.45, 2.75) is 19.3 Å². The van der Waals surface area contributed by atoms with E-state index < -0.39 is 6.09 Å². The van der Waals surface area contributed by atoms with Gasteiger partial charge in [0.2, 0.25) is 5.91 Å². The van der Waals surface area contributed by atoms with Crippen LogP contribution in [0.25, 0.3) is 0 Å². The molecular formula is C10H19N3O3. The molecule has 6 nitrogen and oxygen atoms in total. The van der Waals surface area contributed by atoms with Gasteiger partial charge in [0, 0.05) is 32.6 Å². The van der Waals surface area contributed by atoms with Crippen molar-refractivity contribution in [2.24, 2.45) is 5.73 Å². The van der Waals surface area contributed by atoms with Crippen LogP contribution >= 0.6 is 0 Å². The Morgan fingerprint density at radius 1 is 1.25 bits per heavy atom. The topological polar surface area (TPSA) is 84.7 Å². The molecule has 6 heteroatoms. The summed E-state index contributed by atoms with van der Waals surface area (Å²) in [4.78, 5) is 23.8. The van der Waals surface area contributed by atoms with Crippen molar-refractivity contribution in [3.63, 3.8) is 0 Å². The molecule has 0 bridgehead atoms. The molecule has 0 radical (unpaired) electrons. The van der Waals surface area contributed by atoms with Gasteiger partial charge in [0.05, 0.1) is 6.61 Å². The molecule has 1 aliphatic rings. The number of hydrogen-bond acceptors (Lipinski definition) is 4. The molecule has 0 aromatic rings. The number of hydrogen-bond donors (Lipinski definition) is 2. The smallest absolute Gasteiger partial charge is 0.404 e. The SMILES string of the molecule is NC(=O)OCCCCC(=O)N1CCNCC1. The summed E-state index contributed by atoms with van der Waals surface area (Å²) in [5.74, 6) is 0.181. The molecule has 1 aliphatic heterocycles. The third-order valence-corrected chi connectivity index (χ3v) is 2.50. The van der Waals surface area contributed by atoms with E-state index in [-0.39, 0.29) is 5.91 Å². The van der Waals surface area contributed by atoms with E-state index in [1.54, 1.807) is 0 Å². The Bertz CT molecular complexity index is 239. The van der Waals surface area contributed by atoms with Gasteiger partial charge in [-0.05, 0) is 12.8 Å². The molecule has 1 heterocycles. The minimum atomic E-state index is -0.756. The fraction of sp³-hybridized carbons (Fsp3) is 0.800. The Balaban J connectivity index is 2.03. The lowest BCUT2D eigenvalue weighted by Gasteiger charge is -2.27. The minimum Gasteiger partial charge on any atom is -0.450 e. The first-order valence-corrected chi connectivity index (χ1v) is 5.61. The Kier molecular flexibility index (Phi) is 5.63. The number of rotatable bonds is 5. The molecule has 0 saturated carbocycles. The molecule has 92 valence electrons. The molecular weight excluding hydrogens is 210 g/mol. The second-order valence-electron chi connectivity index (χ2n) is 3.76. The fourth-order valence-corrected chi connectivity index (χ4v) is 1.62. The van der Waals surface area contributed by atoms with Gasteiger partial charge in [0.15, 0.2) is 0 Å². The average molecular weight is 229 g/mol. The molecule has 0 spiro atoms. The molecule has 0 aromatic heterocycles. The highest BCUT2D eigenvalue weighted by Crippen LogP contribution is 2.02. The molecule has 0 unspecified atom stereocenters. The zero-order valence-electron chi connectivity index (χ0n) is 9.41. The first-order chi connectivity index (χ1) is 7.70. The number of primary amides is 1. The molecule has 0 aliphatic carbocycles. The van der Waals surface area contributed by atoms with Gasteiger partial charge in [0.25, 0.3) is 0 Å². The van der Waals surface area contributed by atoms with Crippen LogP contribution in [-0.2, 0) is 9.53 Å². The van der Waals surface area contributed by atoms with Gasteiger partial charge in [0.1, 0.15) is 0 Å². The molecule has 16 heavy (non-hydrogen) atoms. The third kappa shape index (κ3) is 4.97. The van der Waals surface area contributed by atoms with Gasteiger partial charge in [-0.3, -0.25) is 4.79 Å². The van der Waals surface area contributed by atoms with Gasteiger partial charge in [-0.25, -0.2) is 4.79 Å². The van der Waals surface area contributed by atoms with Crippen LogP contribution in [0.1, 0.15) is 19.3 Å². The summed E-state index contributed by atoms with van der Waals surface area (Å²) in [7, 11) is 0. The van der Waals surface area contributed by atoms with Crippen LogP contribution in [0.2, 0.25) is 0 Å². The predicted octanol–water partition coefficient (Wildman–Crippen LogP) is -0.316. The van der Waals surface area contributed by atoms with Crippen LogP contribution < -0.4 is 11.1 Å². The number of nitrogens with zero attached hydrogens (tertiary/aromatic N) is 1. The van der Waals surface area contributed by atoms with E-state index in [0.717, 1.165) is 32.6 Å². The van der Waals surface area contributed by atoms with Crippen LogP contribution in [0.3, 0.4) is 0 Å². The number of piperazine rings is 1. The van der Waals surface area contributed by atoms with Crippen LogP contribution in [0.4, 0.5) is 4.79 Å². The third-order valence-electron chi connectivity index (χ3n) is 2.50. The highest BCUT2D eigenvalue weighted by atomic mass is 16.5. The van der Waals surface area contributed by atoms with Crippen LogP contribution in [0.5, 0.6) is 0 Å². The number of nitrogens with two attached hydrogens (primary N) is 1. The maximum atomic E-state index is 11.7. The minimum absolute atomic E-state index is 0.181. The fourth-order valence-electron chi connectivity index (χ4n) is 1.62. The Labute approximate surface area is 95.1 Å². The first kappa shape index (κ1) is 12.8. The lowest BCUT2D eigenvalue weighted by Crippen LogP contribution is -2.46. The van der Waals surface area contributed by atoms with Crippen molar-refractivity contribution in [2.75, 3.05) is 32.8 Å². The number of carbonyl (C=O) groups is 2. The van der Waals surface area contributed by atoms with E-state index in [0.29, 0.717) is 19.4 Å². The highest BCUT2D eigenvalue weighted by molar-refractivity contribution is 5.76. The molecule has 1 rings (SSSR count). The van der Waals surface area contributed by atoms with Gasteiger partial charge in [-0.1, -0.05) is 0 Å². The number of carbonyl (C=O) groups excluding carboxylic acids is 2. The standard InChI is InChI=1S/C10H19N3O3/c11-10(15)16-8-2-1-3-9(14)13-6-4-12-5-7-13/h12H,1-8H2,(H2,11,15). The maximum Gasteiger partial charge on any atom is 0.404 e. The monoisotopic (exact) mass is 229 g/mol. The van der Waals surface area contributed by atoms with Crippen molar-refractivity contribution in [1.82, 2.24) is 10.2 Å². The number of nitrogens with one attached hydrogen (secondary N) is 1. The number of amides is 2. The summed E-state index contributed by atoms with van der Waals surface area (Å²) >= 11 is 0. The zero-order valence-corrected chi connectivity index (χ0v) is 9.41. The van der Waals surface area contributed by atoms with Crippen molar-refractivity contribution in [1.29, 1.82) is 0 Å². The maximum absolute atomic E-state index is 11.7. The van der Waals surface area contributed by atoms with Crippen molar-refractivity contribution >= 4 is 12.0 Å². The van der Waals surface area contributed by atoms with Gasteiger partial charge in [-0.2, -0.15) is 0 Å². The van der Waals surface area contributed by atoms with Crippen molar-refractivity contribution < 1.29 is 14.3 Å². The average Bonchev–Trinajstić information content (AvgIpc) is 2.29. The van der Waals surface area contributed by atoms with Crippen LogP contribution in [0, 0.1) is 0 Å². The Hall–Kier alpha value is -1.30. The van der Waals surface area contributed by atoms with E-state index in [2.05, 4.69) is 10.1 Å². The normalized spacial score (nSPS) is 15.9. The van der Waals surface area contributed by atoms with E-state index in [4.69, 9.17) is 5.73 Å². The largest absolute Gasteiger partial charge is 0.450 e. The summed E-state index contributed by atoms with van der Waals surface area (Å²) < 4.78 is 4.57. The van der Waals surface area contributed by atoms with Gasteiger partial charge < -0.3 is 20.7 Å². The molecule has 0 aromatic carbocycles. The van der Waals surface area contributed by atoms with Gasteiger partial charge in [-0.15, -0.1) is 0 Å². The number of unbranched alkanes of at least 4 members (excludes halogenated alkanes) is 1. The van der Waals surface area contributed by atoms with E-state index in [1.165, 1.54) is 0 Å². The van der Waals surface area contributed by atoms with Crippen LogP contribution in [-0.4, -0.2) is 49.7 Å². The molecule has 3 N–H and O–H groups in total. The first-order valence-electron chi connectivity index (χ1n) is 5.61. The summed E-state index contributed by atoms with van der Waals surface area (Å²) in [6, 6.07) is 0. The Morgan fingerprint density at radius 2 is 1.94 bits per heavy atom. The van der Waals surface area contributed by atoms with E-state index in [1.807, 2.05) is 4.90 Å². The lowest BCUT2D eigenvalue weighted by molar-refractivity contribution is -0.131. The molecule has 2 amide bonds. The second kappa shape index (κ2) is 7.05. The van der Waals surface area contributed by atoms with E-state index in [9.17, 15) is 9.59 Å². The second-order valence-corrected chi connectivity index (χ2v) is 3.76. The quantitative estimate of drug-likeness (QED) is 0.633.